The van der Waals surface area contributed by atoms with Crippen LogP contribution in [0.2, 0.25) is 0 Å². The van der Waals surface area contributed by atoms with Gasteiger partial charge >= 0.3 is 36.4 Å². The second-order valence-corrected chi connectivity index (χ2v) is 11.1. The molecule has 3 aromatic rings. The van der Waals surface area contributed by atoms with Crippen LogP contribution in [-0.2, 0) is 26.3 Å². The molecule has 268 valence electrons. The molecule has 1 saturated heterocycles. The number of fused-ring (bicyclic) bond motifs is 2. The second kappa shape index (κ2) is 16.0. The third-order valence-electron chi connectivity index (χ3n) is 6.64. The molecule has 2 aliphatic heterocycles. The van der Waals surface area contributed by atoms with Crippen LogP contribution in [0.15, 0.2) is 54.3 Å². The van der Waals surface area contributed by atoms with Crippen molar-refractivity contribution in [3.8, 4) is 0 Å². The molecule has 5 rings (SSSR count). The number of alkyl halides is 9. The van der Waals surface area contributed by atoms with E-state index in [1.54, 1.807) is 6.20 Å². The molecule has 11 nitrogen and oxygen atoms in total. The van der Waals surface area contributed by atoms with Crippen LogP contribution < -0.4 is 4.90 Å². The maximum absolute atomic E-state index is 13.0. The first-order valence-electron chi connectivity index (χ1n) is 13.3. The number of amides is 1. The number of carboxylic acids is 3. The van der Waals surface area contributed by atoms with E-state index in [-0.39, 0.29) is 11.3 Å². The normalized spacial score (nSPS) is 16.7. The SMILES string of the molecule is Cc1ccsc1C(=O)N1CCC2(C1)CN(Cc1cccnc1)c1cccnc12.O=C(O)C(F)(F)F.O=C(O)C(F)(F)F.O=C(O)C(F)(F)F. The number of rotatable bonds is 3. The van der Waals surface area contributed by atoms with Gasteiger partial charge in [-0.15, -0.1) is 11.3 Å². The molecule has 0 bridgehead atoms. The summed E-state index contributed by atoms with van der Waals surface area (Å²) in [4.78, 5) is 54.0. The highest BCUT2D eigenvalue weighted by atomic mass is 32.1. The zero-order valence-electron chi connectivity index (χ0n) is 24.8. The summed E-state index contributed by atoms with van der Waals surface area (Å²) in [5, 5.41) is 23.4. The van der Waals surface area contributed by atoms with Crippen LogP contribution in [0.25, 0.3) is 0 Å². The Balaban J connectivity index is 0.000000325. The predicted octanol–water partition coefficient (Wildman–Crippen LogP) is 5.55. The Bertz CT molecular complexity index is 1560. The van der Waals surface area contributed by atoms with Gasteiger partial charge in [0.15, 0.2) is 0 Å². The number of anilines is 1. The zero-order valence-corrected chi connectivity index (χ0v) is 25.6. The van der Waals surface area contributed by atoms with Gasteiger partial charge in [-0.1, -0.05) is 6.07 Å². The lowest BCUT2D eigenvalue weighted by Gasteiger charge is -2.25. The largest absolute Gasteiger partial charge is 0.490 e. The number of aliphatic carboxylic acids is 3. The van der Waals surface area contributed by atoms with Crippen molar-refractivity contribution in [1.29, 1.82) is 0 Å². The molecule has 21 heteroatoms. The summed E-state index contributed by atoms with van der Waals surface area (Å²) in [7, 11) is 0. The lowest BCUT2D eigenvalue weighted by molar-refractivity contribution is -0.193. The minimum absolute atomic E-state index is 0.0837. The minimum atomic E-state index is -5.08. The molecule has 0 aromatic carbocycles. The number of pyridine rings is 2. The Hall–Kier alpha value is -4.95. The molecular weight excluding hydrogens is 707 g/mol. The summed E-state index contributed by atoms with van der Waals surface area (Å²) in [6.07, 6.45) is -8.69. The molecular formula is C28H25F9N4O7S. The van der Waals surface area contributed by atoms with Crippen LogP contribution >= 0.6 is 11.3 Å². The molecule has 1 unspecified atom stereocenters. The maximum Gasteiger partial charge on any atom is 0.490 e. The third-order valence-corrected chi connectivity index (χ3v) is 7.65. The van der Waals surface area contributed by atoms with Gasteiger partial charge < -0.3 is 25.1 Å². The Morgan fingerprint density at radius 2 is 1.37 bits per heavy atom. The summed E-state index contributed by atoms with van der Waals surface area (Å²) >= 11 is 1.54. The van der Waals surface area contributed by atoms with E-state index in [9.17, 15) is 44.3 Å². The number of halogens is 9. The smallest absolute Gasteiger partial charge is 0.475 e. The van der Waals surface area contributed by atoms with Gasteiger partial charge in [0.1, 0.15) is 0 Å². The lowest BCUT2D eigenvalue weighted by atomic mass is 9.85. The molecule has 1 fully saturated rings. The van der Waals surface area contributed by atoms with Crippen LogP contribution in [-0.4, -0.2) is 92.2 Å². The molecule has 3 aromatic heterocycles. The monoisotopic (exact) mass is 732 g/mol. The first kappa shape index (κ1) is 40.2. The Morgan fingerprint density at radius 3 is 1.82 bits per heavy atom. The van der Waals surface area contributed by atoms with Crippen molar-refractivity contribution in [2.24, 2.45) is 0 Å². The number of carbonyl (C=O) groups is 4. The summed E-state index contributed by atoms with van der Waals surface area (Å²) < 4.78 is 95.2. The van der Waals surface area contributed by atoms with E-state index in [1.165, 1.54) is 22.6 Å². The molecule has 0 radical (unpaired) electrons. The summed E-state index contributed by atoms with van der Waals surface area (Å²) in [5.41, 5.74) is 4.50. The van der Waals surface area contributed by atoms with E-state index >= 15 is 0 Å². The number of carbonyl (C=O) groups excluding carboxylic acids is 1. The van der Waals surface area contributed by atoms with Crippen molar-refractivity contribution in [1.82, 2.24) is 14.9 Å². The molecule has 1 spiro atoms. The van der Waals surface area contributed by atoms with Gasteiger partial charge in [0.2, 0.25) is 0 Å². The van der Waals surface area contributed by atoms with Gasteiger partial charge in [0.25, 0.3) is 5.91 Å². The van der Waals surface area contributed by atoms with Crippen LogP contribution in [0.5, 0.6) is 0 Å². The van der Waals surface area contributed by atoms with Gasteiger partial charge in [-0.25, -0.2) is 14.4 Å². The van der Waals surface area contributed by atoms with Gasteiger partial charge in [0, 0.05) is 44.8 Å². The lowest BCUT2D eigenvalue weighted by Crippen LogP contribution is -2.38. The van der Waals surface area contributed by atoms with Crippen LogP contribution in [0, 0.1) is 6.92 Å². The van der Waals surface area contributed by atoms with Crippen molar-refractivity contribution >= 4 is 40.8 Å². The quantitative estimate of drug-likeness (QED) is 0.291. The molecule has 0 aliphatic carbocycles. The van der Waals surface area contributed by atoms with Crippen molar-refractivity contribution in [3.63, 3.8) is 0 Å². The van der Waals surface area contributed by atoms with Crippen molar-refractivity contribution < 1.29 is 74.0 Å². The van der Waals surface area contributed by atoms with Crippen LogP contribution in [0.1, 0.15) is 32.9 Å². The number of likely N-dealkylation sites (tertiary alicyclic amines) is 1. The molecule has 5 heterocycles. The fourth-order valence-corrected chi connectivity index (χ4v) is 5.43. The molecule has 2 aliphatic rings. The summed E-state index contributed by atoms with van der Waals surface area (Å²) in [5.74, 6) is -8.11. The number of carboxylic acid groups (broad SMARTS) is 3. The van der Waals surface area contributed by atoms with Gasteiger partial charge in [-0.2, -0.15) is 39.5 Å². The van der Waals surface area contributed by atoms with Crippen molar-refractivity contribution in [2.75, 3.05) is 24.5 Å². The fourth-order valence-electron chi connectivity index (χ4n) is 4.54. The van der Waals surface area contributed by atoms with Crippen molar-refractivity contribution in [3.05, 3.63) is 76.0 Å². The number of thiophene rings is 1. The second-order valence-electron chi connectivity index (χ2n) is 10.2. The topological polar surface area (TPSA) is 161 Å². The van der Waals surface area contributed by atoms with E-state index in [1.807, 2.05) is 47.8 Å². The van der Waals surface area contributed by atoms with E-state index < -0.39 is 36.4 Å². The van der Waals surface area contributed by atoms with E-state index in [0.717, 1.165) is 48.7 Å². The number of hydrogen-bond donors (Lipinski definition) is 3. The molecule has 1 atom stereocenters. The predicted molar refractivity (Wildman–Crippen MR) is 152 cm³/mol. The summed E-state index contributed by atoms with van der Waals surface area (Å²) in [6.45, 7) is 5.23. The first-order valence-corrected chi connectivity index (χ1v) is 14.2. The zero-order chi connectivity index (χ0) is 37.4. The Kier molecular flexibility index (Phi) is 13.1. The van der Waals surface area contributed by atoms with Gasteiger partial charge in [-0.3, -0.25) is 14.8 Å². The molecule has 3 N–H and O–H groups in total. The van der Waals surface area contributed by atoms with E-state index in [2.05, 4.69) is 22.0 Å². The standard InChI is InChI=1S/C22H22N4OS.3C2HF3O2/c1-16-6-11-28-19(16)21(27)25-10-7-22(14-25)15-26(13-17-4-2-8-23-12-17)18-5-3-9-24-20(18)22;3*3-2(4,5)1(6)7/h2-6,8-9,11-12H,7,10,13-15H2,1H3;3*(H,6,7). The fraction of sp³-hybridized carbons (Fsp3) is 0.357. The number of nitrogens with zero attached hydrogens (tertiary/aromatic N) is 4. The average molecular weight is 733 g/mol. The molecule has 0 saturated carbocycles. The number of hydrogen-bond acceptors (Lipinski definition) is 8. The number of aryl methyl sites for hydroxylation is 1. The van der Waals surface area contributed by atoms with E-state index in [0.29, 0.717) is 0 Å². The number of aromatic nitrogens is 2. The third kappa shape index (κ3) is 11.3. The molecule has 49 heavy (non-hydrogen) atoms. The van der Waals surface area contributed by atoms with Crippen molar-refractivity contribution in [2.45, 2.75) is 43.8 Å². The highest BCUT2D eigenvalue weighted by Gasteiger charge is 2.49. The Morgan fingerprint density at radius 1 is 0.837 bits per heavy atom. The van der Waals surface area contributed by atoms with Gasteiger partial charge in [-0.05, 0) is 54.1 Å². The molecule has 1 amide bonds. The van der Waals surface area contributed by atoms with Crippen LogP contribution in [0.4, 0.5) is 45.2 Å². The average Bonchev–Trinajstić information content (AvgIpc) is 3.71. The van der Waals surface area contributed by atoms with Crippen LogP contribution in [0.3, 0.4) is 0 Å². The Labute approximate surface area is 274 Å². The highest BCUT2D eigenvalue weighted by Crippen LogP contribution is 2.46. The highest BCUT2D eigenvalue weighted by molar-refractivity contribution is 7.12. The van der Waals surface area contributed by atoms with Gasteiger partial charge in [0.05, 0.1) is 21.7 Å². The first-order chi connectivity index (χ1) is 22.5. The minimum Gasteiger partial charge on any atom is -0.475 e. The maximum atomic E-state index is 13.0. The summed E-state index contributed by atoms with van der Waals surface area (Å²) in [6, 6.07) is 10.3. The van der Waals surface area contributed by atoms with E-state index in [4.69, 9.17) is 34.7 Å².